The van der Waals surface area contributed by atoms with Gasteiger partial charge in [0.2, 0.25) is 0 Å². The molecule has 238 valence electrons. The van der Waals surface area contributed by atoms with E-state index in [9.17, 15) is 22.8 Å². The van der Waals surface area contributed by atoms with Gasteiger partial charge in [-0.3, -0.25) is 14.5 Å². The zero-order valence-electron chi connectivity index (χ0n) is 25.7. The van der Waals surface area contributed by atoms with Crippen LogP contribution in [-0.4, -0.2) is 60.0 Å². The smallest absolute Gasteiger partial charge is 0.416 e. The van der Waals surface area contributed by atoms with Crippen LogP contribution in [0.4, 0.5) is 13.2 Å². The molecule has 1 spiro atoms. The molecule has 0 aromatic heterocycles. The number of benzene rings is 3. The van der Waals surface area contributed by atoms with Crippen molar-refractivity contribution in [2.45, 2.75) is 68.5 Å². The van der Waals surface area contributed by atoms with E-state index in [1.807, 2.05) is 42.5 Å². The van der Waals surface area contributed by atoms with E-state index in [1.165, 1.54) is 30.2 Å². The molecule has 6 atom stereocenters. The van der Waals surface area contributed by atoms with Gasteiger partial charge in [0, 0.05) is 49.0 Å². The molecule has 2 fully saturated rings. The number of carbonyl (C=O) groups is 2. The summed E-state index contributed by atoms with van der Waals surface area (Å²) in [4.78, 5) is 29.7. The summed E-state index contributed by atoms with van der Waals surface area (Å²) in [7, 11) is 1.75. The van der Waals surface area contributed by atoms with Crippen molar-refractivity contribution in [2.75, 3.05) is 20.1 Å². The Morgan fingerprint density at radius 3 is 2.54 bits per heavy atom. The van der Waals surface area contributed by atoms with Gasteiger partial charge >= 0.3 is 12.1 Å². The van der Waals surface area contributed by atoms with Crippen LogP contribution in [0.15, 0.2) is 72.8 Å². The molecule has 1 amide bonds. The number of carbonyl (C=O) groups excluding carboxylic acids is 2. The van der Waals surface area contributed by atoms with Crippen LogP contribution in [-0.2, 0) is 32.3 Å². The highest BCUT2D eigenvalue weighted by molar-refractivity contribution is 5.94. The monoisotopic (exact) mass is 628 g/mol. The highest BCUT2D eigenvalue weighted by atomic mass is 19.4. The van der Waals surface area contributed by atoms with Crippen molar-refractivity contribution in [2.24, 2.45) is 5.92 Å². The summed E-state index contributed by atoms with van der Waals surface area (Å²) >= 11 is 0. The third-order valence-corrected chi connectivity index (χ3v) is 10.5. The van der Waals surface area contributed by atoms with E-state index in [1.54, 1.807) is 11.9 Å². The van der Waals surface area contributed by atoms with E-state index in [2.05, 4.69) is 22.8 Å². The second-order valence-corrected chi connectivity index (χ2v) is 12.9. The molecule has 4 aliphatic rings. The molecule has 9 heteroatoms. The highest BCUT2D eigenvalue weighted by Crippen LogP contribution is 2.62. The number of nitrogens with zero attached hydrogens (tertiary/aromatic N) is 2. The van der Waals surface area contributed by atoms with Crippen LogP contribution in [0.2, 0.25) is 0 Å². The number of likely N-dealkylation sites (tertiary alicyclic amines) is 1. The molecule has 1 unspecified atom stereocenters. The zero-order valence-corrected chi connectivity index (χ0v) is 25.7. The first-order valence-corrected chi connectivity index (χ1v) is 15.8. The fourth-order valence-corrected chi connectivity index (χ4v) is 8.59. The molecule has 2 heterocycles. The number of hydrogen-bond acceptors (Lipinski definition) is 5. The lowest BCUT2D eigenvalue weighted by Crippen LogP contribution is -2.69. The molecule has 46 heavy (non-hydrogen) atoms. The van der Waals surface area contributed by atoms with Gasteiger partial charge in [-0.05, 0) is 79.6 Å². The summed E-state index contributed by atoms with van der Waals surface area (Å²) in [5.41, 5.74) is 2.85. The van der Waals surface area contributed by atoms with Gasteiger partial charge < -0.3 is 14.4 Å². The maximum atomic E-state index is 13.4. The van der Waals surface area contributed by atoms with Crippen molar-refractivity contribution in [1.82, 2.24) is 9.80 Å². The van der Waals surface area contributed by atoms with E-state index in [0.29, 0.717) is 18.0 Å². The molecule has 2 aliphatic carbocycles. The SMILES string of the molecule is CC(=O)OC(CN1CC[C@]23c4c5cccc4O[C@H]2[C@H](N(C)C(=O)C#Cc2ccc(C(F)(F)F)cc2)CC[C@H]3[C@H]1C5)c1ccccc1. The summed E-state index contributed by atoms with van der Waals surface area (Å²) in [5, 5.41) is 0. The van der Waals surface area contributed by atoms with Gasteiger partial charge in [0.15, 0.2) is 0 Å². The molecule has 0 N–H and O–H groups in total. The van der Waals surface area contributed by atoms with Crippen LogP contribution in [0.1, 0.15) is 60.1 Å². The van der Waals surface area contributed by atoms with Gasteiger partial charge in [-0.15, -0.1) is 0 Å². The molecule has 6 nitrogen and oxygen atoms in total. The molecule has 7 rings (SSSR count). The maximum Gasteiger partial charge on any atom is 0.416 e. The second-order valence-electron chi connectivity index (χ2n) is 12.9. The number of alkyl halides is 3. The molecule has 3 aromatic rings. The third-order valence-electron chi connectivity index (χ3n) is 10.5. The Labute approximate surface area is 266 Å². The van der Waals surface area contributed by atoms with Crippen LogP contribution in [0, 0.1) is 17.8 Å². The summed E-state index contributed by atoms with van der Waals surface area (Å²) in [6, 6.07) is 20.7. The lowest BCUT2D eigenvalue weighted by atomic mass is 9.51. The van der Waals surface area contributed by atoms with E-state index in [4.69, 9.17) is 9.47 Å². The Bertz CT molecular complexity index is 1710. The highest BCUT2D eigenvalue weighted by Gasteiger charge is 2.66. The summed E-state index contributed by atoms with van der Waals surface area (Å²) in [5.74, 6) is 5.90. The summed E-state index contributed by atoms with van der Waals surface area (Å²) < 4.78 is 51.5. The molecular formula is C37H35F3N2O4. The largest absolute Gasteiger partial charge is 0.487 e. The first-order chi connectivity index (χ1) is 22.1. The van der Waals surface area contributed by atoms with Gasteiger partial charge in [0.1, 0.15) is 18.0 Å². The number of likely N-dealkylation sites (N-methyl/N-ethyl adjacent to an activating group) is 1. The Balaban J connectivity index is 1.15. The van der Waals surface area contributed by atoms with Crippen molar-refractivity contribution in [3.05, 3.63) is 101 Å². The minimum absolute atomic E-state index is 0.214. The topological polar surface area (TPSA) is 59.1 Å². The van der Waals surface area contributed by atoms with Crippen molar-refractivity contribution in [1.29, 1.82) is 0 Å². The molecular weight excluding hydrogens is 593 g/mol. The first-order valence-electron chi connectivity index (χ1n) is 15.8. The number of esters is 1. The van der Waals surface area contributed by atoms with Crippen molar-refractivity contribution >= 4 is 11.9 Å². The van der Waals surface area contributed by atoms with Crippen molar-refractivity contribution in [3.8, 4) is 17.6 Å². The number of rotatable bonds is 5. The quantitative estimate of drug-likeness (QED) is 0.259. The minimum atomic E-state index is -4.43. The third kappa shape index (κ3) is 5.13. The van der Waals surface area contributed by atoms with Gasteiger partial charge in [0.05, 0.1) is 11.6 Å². The van der Waals surface area contributed by atoms with Gasteiger partial charge in [-0.25, -0.2) is 0 Å². The van der Waals surface area contributed by atoms with Gasteiger partial charge in [-0.1, -0.05) is 48.4 Å². The van der Waals surface area contributed by atoms with E-state index < -0.39 is 17.6 Å². The lowest BCUT2D eigenvalue weighted by molar-refractivity contribution is -0.150. The van der Waals surface area contributed by atoms with Crippen LogP contribution < -0.4 is 4.74 Å². The van der Waals surface area contributed by atoms with E-state index in [-0.39, 0.29) is 35.7 Å². The molecule has 1 saturated carbocycles. The average Bonchev–Trinajstić information content (AvgIpc) is 3.38. The Morgan fingerprint density at radius 1 is 1.07 bits per heavy atom. The molecule has 3 aromatic carbocycles. The fourth-order valence-electron chi connectivity index (χ4n) is 8.59. The fraction of sp³-hybridized carbons (Fsp3) is 0.405. The summed E-state index contributed by atoms with van der Waals surface area (Å²) in [6.45, 7) is 2.85. The van der Waals surface area contributed by atoms with E-state index >= 15 is 0 Å². The predicted octanol–water partition coefficient (Wildman–Crippen LogP) is 5.93. The number of ether oxygens (including phenoxy) is 2. The second kappa shape index (κ2) is 11.5. The molecule has 2 bridgehead atoms. The van der Waals surface area contributed by atoms with Gasteiger partial charge in [-0.2, -0.15) is 13.2 Å². The predicted molar refractivity (Wildman–Crippen MR) is 165 cm³/mol. The maximum absolute atomic E-state index is 13.4. The number of hydrogen-bond donors (Lipinski definition) is 0. The van der Waals surface area contributed by atoms with Crippen LogP contribution in [0.25, 0.3) is 0 Å². The van der Waals surface area contributed by atoms with Crippen LogP contribution >= 0.6 is 0 Å². The van der Waals surface area contributed by atoms with Crippen LogP contribution in [0.5, 0.6) is 5.75 Å². The van der Waals surface area contributed by atoms with Crippen molar-refractivity contribution < 1.29 is 32.2 Å². The van der Waals surface area contributed by atoms with Crippen LogP contribution in [0.3, 0.4) is 0 Å². The standard InChI is InChI=1S/C37H35F3N2O4/c1-23(43)45-32(25-7-4-3-5-8-25)22-42-20-19-36-28-16-17-29(35(36)46-31-10-6-9-26(34(31)36)21-30(28)42)41(2)33(44)18-13-24-11-14-27(15-12-24)37(38,39)40/h3-12,14-15,28-30,32,35H,16-17,19-22H2,1-2H3/t28-,29+,30+,32?,35-,36-/m0/s1. The van der Waals surface area contributed by atoms with E-state index in [0.717, 1.165) is 55.7 Å². The Hall–Kier alpha value is -4.29. The first kappa shape index (κ1) is 30.4. The molecule has 0 radical (unpaired) electrons. The zero-order chi connectivity index (χ0) is 32.2. The molecule has 2 aliphatic heterocycles. The number of halogens is 3. The molecule has 1 saturated heterocycles. The average molecular weight is 629 g/mol. The van der Waals surface area contributed by atoms with Crippen molar-refractivity contribution in [3.63, 3.8) is 0 Å². The lowest BCUT2D eigenvalue weighted by Gasteiger charge is -2.60. The Kier molecular flexibility index (Phi) is 7.59. The van der Waals surface area contributed by atoms with Gasteiger partial charge in [0.25, 0.3) is 5.91 Å². The minimum Gasteiger partial charge on any atom is -0.487 e. The normalized spacial score (nSPS) is 26.5. The Morgan fingerprint density at radius 2 is 1.83 bits per heavy atom. The summed E-state index contributed by atoms with van der Waals surface area (Å²) in [6.07, 6.45) is -1.69. The number of piperidine rings is 1. The number of amides is 1.